The second-order valence-corrected chi connectivity index (χ2v) is 2.75. The summed E-state index contributed by atoms with van der Waals surface area (Å²) in [5, 5.41) is 14.4. The van der Waals surface area contributed by atoms with E-state index in [2.05, 4.69) is 10.2 Å². The van der Waals surface area contributed by atoms with Crippen molar-refractivity contribution in [3.8, 4) is 0 Å². The Kier molecular flexibility index (Phi) is 2.70. The van der Waals surface area contributed by atoms with Gasteiger partial charge in [-0.05, 0) is 0 Å². The summed E-state index contributed by atoms with van der Waals surface area (Å²) in [6, 6.07) is 0. The number of aliphatic carboxylic acids is 1. The molecule has 0 saturated carbocycles. The molecule has 1 aromatic heterocycles. The fourth-order valence-electron chi connectivity index (χ4n) is 0.947. The molecule has 0 bridgehead atoms. The number of nitrogens with two attached hydrogens (primary N) is 1. The molecule has 0 spiro atoms. The second kappa shape index (κ2) is 3.77. The normalized spacial score (nSPS) is 9.79. The van der Waals surface area contributed by atoms with Gasteiger partial charge < -0.3 is 15.7 Å². The minimum Gasteiger partial charge on any atom is -0.480 e. The van der Waals surface area contributed by atoms with Gasteiger partial charge in [0.1, 0.15) is 17.9 Å². The molecule has 1 rings (SSSR count). The molecule has 1 aromatic rings. The number of carbonyl (C=O) groups is 2. The first-order chi connectivity index (χ1) is 6.52. The van der Waals surface area contributed by atoms with Crippen LogP contribution in [0.15, 0.2) is 6.20 Å². The molecule has 0 atom stereocenters. The summed E-state index contributed by atoms with van der Waals surface area (Å²) in [6.45, 7) is -0.372. The molecule has 0 saturated heterocycles. The highest BCUT2D eigenvalue weighted by Crippen LogP contribution is 2.08. The van der Waals surface area contributed by atoms with Gasteiger partial charge in [0.2, 0.25) is 0 Å². The first kappa shape index (κ1) is 10.0. The largest absolute Gasteiger partial charge is 0.480 e. The van der Waals surface area contributed by atoms with E-state index in [0.717, 1.165) is 4.90 Å². The fourth-order valence-corrected chi connectivity index (χ4v) is 0.947. The predicted octanol–water partition coefficient (Wildman–Crippen LogP) is -0.851. The zero-order valence-corrected chi connectivity index (χ0v) is 7.52. The Labute approximate surface area is 79.5 Å². The molecule has 0 fully saturated rings. The van der Waals surface area contributed by atoms with Crippen LogP contribution in [-0.4, -0.2) is 45.7 Å². The van der Waals surface area contributed by atoms with Crippen molar-refractivity contribution in [3.05, 3.63) is 11.8 Å². The highest BCUT2D eigenvalue weighted by Gasteiger charge is 2.17. The van der Waals surface area contributed by atoms with Gasteiger partial charge in [0, 0.05) is 7.05 Å². The molecule has 14 heavy (non-hydrogen) atoms. The van der Waals surface area contributed by atoms with E-state index < -0.39 is 11.9 Å². The molecular weight excluding hydrogens is 188 g/mol. The van der Waals surface area contributed by atoms with Gasteiger partial charge in [-0.3, -0.25) is 14.7 Å². The van der Waals surface area contributed by atoms with Crippen LogP contribution in [0.25, 0.3) is 0 Å². The summed E-state index contributed by atoms with van der Waals surface area (Å²) in [5.74, 6) is -1.42. The van der Waals surface area contributed by atoms with Gasteiger partial charge in [-0.2, -0.15) is 5.10 Å². The van der Waals surface area contributed by atoms with Crippen molar-refractivity contribution in [1.82, 2.24) is 15.1 Å². The zero-order valence-electron chi connectivity index (χ0n) is 7.52. The molecule has 4 N–H and O–H groups in total. The summed E-state index contributed by atoms with van der Waals surface area (Å²) in [6.07, 6.45) is 1.26. The van der Waals surface area contributed by atoms with Crippen LogP contribution in [0, 0.1) is 0 Å². The van der Waals surface area contributed by atoms with Crippen LogP contribution < -0.4 is 5.73 Å². The number of nitrogens with zero attached hydrogens (tertiary/aromatic N) is 2. The maximum Gasteiger partial charge on any atom is 0.323 e. The minimum absolute atomic E-state index is 0.132. The van der Waals surface area contributed by atoms with E-state index in [1.54, 1.807) is 0 Å². The van der Waals surface area contributed by atoms with Crippen LogP contribution in [0.5, 0.6) is 0 Å². The van der Waals surface area contributed by atoms with E-state index in [9.17, 15) is 9.59 Å². The van der Waals surface area contributed by atoms with Gasteiger partial charge in [-0.25, -0.2) is 0 Å². The number of nitrogens with one attached hydrogen (secondary N) is 1. The first-order valence-corrected chi connectivity index (χ1v) is 3.78. The number of anilines is 1. The van der Waals surface area contributed by atoms with E-state index in [1.807, 2.05) is 0 Å². The van der Waals surface area contributed by atoms with E-state index in [-0.39, 0.29) is 17.9 Å². The van der Waals surface area contributed by atoms with Gasteiger partial charge in [0.25, 0.3) is 5.91 Å². The van der Waals surface area contributed by atoms with Crippen molar-refractivity contribution < 1.29 is 14.7 Å². The molecular formula is C7H10N4O3. The highest BCUT2D eigenvalue weighted by molar-refractivity contribution is 5.99. The van der Waals surface area contributed by atoms with E-state index in [0.29, 0.717) is 0 Å². The summed E-state index contributed by atoms with van der Waals surface area (Å²) in [5.41, 5.74) is 5.57. The Bertz CT molecular complexity index is 360. The van der Waals surface area contributed by atoms with Gasteiger partial charge >= 0.3 is 5.97 Å². The number of aromatic amines is 1. The van der Waals surface area contributed by atoms with Crippen molar-refractivity contribution in [2.75, 3.05) is 19.3 Å². The minimum atomic E-state index is -1.08. The lowest BCUT2D eigenvalue weighted by Gasteiger charge is -2.13. The van der Waals surface area contributed by atoms with Crippen molar-refractivity contribution in [3.63, 3.8) is 0 Å². The van der Waals surface area contributed by atoms with Crippen molar-refractivity contribution in [1.29, 1.82) is 0 Å². The lowest BCUT2D eigenvalue weighted by Crippen LogP contribution is -2.32. The topological polar surface area (TPSA) is 112 Å². The van der Waals surface area contributed by atoms with Crippen LogP contribution >= 0.6 is 0 Å². The van der Waals surface area contributed by atoms with Crippen molar-refractivity contribution >= 4 is 17.7 Å². The summed E-state index contributed by atoms with van der Waals surface area (Å²) < 4.78 is 0. The molecule has 1 heterocycles. The summed E-state index contributed by atoms with van der Waals surface area (Å²) in [7, 11) is 1.38. The number of carboxylic acids is 1. The van der Waals surface area contributed by atoms with Gasteiger partial charge in [0.05, 0.1) is 6.20 Å². The predicted molar refractivity (Wildman–Crippen MR) is 47.6 cm³/mol. The number of carbonyl (C=O) groups excluding carboxylic acids is 1. The number of nitrogen functional groups attached to an aromatic ring is 1. The Morgan fingerprint density at radius 1 is 1.71 bits per heavy atom. The number of H-pyrrole nitrogens is 1. The Balaban J connectivity index is 2.76. The zero-order chi connectivity index (χ0) is 10.7. The standard InChI is InChI=1S/C7H10N4O3/c1-11(3-5(12)13)7(14)4-2-9-10-6(4)8/h2H,3H2,1H3,(H,12,13)(H3,8,9,10). The fraction of sp³-hybridized carbons (Fsp3) is 0.286. The quantitative estimate of drug-likeness (QED) is 0.585. The maximum atomic E-state index is 11.5. The third-order valence-electron chi connectivity index (χ3n) is 1.62. The van der Waals surface area contributed by atoms with Crippen LogP contribution in [0.3, 0.4) is 0 Å². The van der Waals surface area contributed by atoms with E-state index >= 15 is 0 Å². The SMILES string of the molecule is CN(CC(=O)O)C(=O)c1cn[nH]c1N. The molecule has 76 valence electrons. The van der Waals surface area contributed by atoms with Crippen LogP contribution in [0.4, 0.5) is 5.82 Å². The van der Waals surface area contributed by atoms with E-state index in [4.69, 9.17) is 10.8 Å². The molecule has 7 nitrogen and oxygen atoms in total. The van der Waals surface area contributed by atoms with Gasteiger partial charge in [-0.1, -0.05) is 0 Å². The smallest absolute Gasteiger partial charge is 0.323 e. The number of amides is 1. The number of rotatable bonds is 3. The lowest BCUT2D eigenvalue weighted by atomic mass is 10.3. The Morgan fingerprint density at radius 2 is 2.36 bits per heavy atom. The molecule has 0 radical (unpaired) electrons. The van der Waals surface area contributed by atoms with E-state index in [1.165, 1.54) is 13.2 Å². The molecule has 0 aliphatic rings. The average molecular weight is 198 g/mol. The molecule has 0 aromatic carbocycles. The van der Waals surface area contributed by atoms with Crippen LogP contribution in [0.2, 0.25) is 0 Å². The maximum absolute atomic E-state index is 11.5. The van der Waals surface area contributed by atoms with Gasteiger partial charge in [0.15, 0.2) is 0 Å². The van der Waals surface area contributed by atoms with Gasteiger partial charge in [-0.15, -0.1) is 0 Å². The molecule has 0 aliphatic carbocycles. The third kappa shape index (κ3) is 2.00. The summed E-state index contributed by atoms with van der Waals surface area (Å²) in [4.78, 5) is 22.8. The van der Waals surface area contributed by atoms with Crippen molar-refractivity contribution in [2.45, 2.75) is 0 Å². The van der Waals surface area contributed by atoms with Crippen LogP contribution in [0.1, 0.15) is 10.4 Å². The number of carboxylic acid groups (broad SMARTS) is 1. The Hall–Kier alpha value is -2.05. The third-order valence-corrected chi connectivity index (χ3v) is 1.62. The summed E-state index contributed by atoms with van der Waals surface area (Å²) >= 11 is 0. The number of hydrogen-bond acceptors (Lipinski definition) is 4. The van der Waals surface area contributed by atoms with Crippen LogP contribution in [-0.2, 0) is 4.79 Å². The molecule has 7 heteroatoms. The first-order valence-electron chi connectivity index (χ1n) is 3.78. The lowest BCUT2D eigenvalue weighted by molar-refractivity contribution is -0.137. The molecule has 0 aliphatic heterocycles. The van der Waals surface area contributed by atoms with Crippen molar-refractivity contribution in [2.24, 2.45) is 0 Å². The number of aromatic nitrogens is 2. The number of likely N-dealkylation sites (N-methyl/N-ethyl adjacent to an activating group) is 1. The monoisotopic (exact) mass is 198 g/mol. The molecule has 0 unspecified atom stereocenters. The molecule has 1 amide bonds. The number of hydrogen-bond donors (Lipinski definition) is 3. The Morgan fingerprint density at radius 3 is 2.79 bits per heavy atom. The average Bonchev–Trinajstić information content (AvgIpc) is 2.48. The second-order valence-electron chi connectivity index (χ2n) is 2.75. The highest BCUT2D eigenvalue weighted by atomic mass is 16.4.